The highest BCUT2D eigenvalue weighted by atomic mass is 16.3. The Kier molecular flexibility index (Phi) is 3.37. The van der Waals surface area contributed by atoms with Crippen molar-refractivity contribution in [3.05, 3.63) is 60.7 Å². The molecule has 0 fully saturated rings. The Labute approximate surface area is 96.0 Å². The molecule has 0 aliphatic carbocycles. The molecule has 0 aromatic heterocycles. The predicted molar refractivity (Wildman–Crippen MR) is 68.5 cm³/mol. The number of rotatable bonds is 4. The summed E-state index contributed by atoms with van der Waals surface area (Å²) in [4.78, 5) is 0. The van der Waals surface area contributed by atoms with Gasteiger partial charge >= 0.3 is 0 Å². The van der Waals surface area contributed by atoms with Gasteiger partial charge in [0, 0.05) is 0 Å². The topological polar surface area (TPSA) is 20.2 Å². The Morgan fingerprint density at radius 3 is 2.62 bits per heavy atom. The Balaban J connectivity index is 2.22. The zero-order chi connectivity index (χ0) is 11.4. The molecule has 0 amide bonds. The van der Waals surface area contributed by atoms with Crippen LogP contribution in [0.2, 0.25) is 0 Å². The maximum atomic E-state index is 9.70. The van der Waals surface area contributed by atoms with Crippen molar-refractivity contribution >= 4 is 10.8 Å². The van der Waals surface area contributed by atoms with Crippen LogP contribution in [0.3, 0.4) is 0 Å². The Morgan fingerprint density at radius 1 is 1.12 bits per heavy atom. The molecule has 0 spiro atoms. The third-order valence-electron chi connectivity index (χ3n) is 2.72. The quantitative estimate of drug-likeness (QED) is 0.771. The van der Waals surface area contributed by atoms with E-state index in [1.807, 2.05) is 12.1 Å². The molecule has 0 bridgehead atoms. The third kappa shape index (κ3) is 2.50. The first-order valence-corrected chi connectivity index (χ1v) is 5.56. The van der Waals surface area contributed by atoms with Crippen molar-refractivity contribution in [3.63, 3.8) is 0 Å². The fourth-order valence-electron chi connectivity index (χ4n) is 1.91. The fraction of sp³-hybridized carbons (Fsp3) is 0.200. The number of aliphatic hydroxyl groups excluding tert-OH is 1. The normalized spacial score (nSPS) is 12.6. The highest BCUT2D eigenvalue weighted by Crippen LogP contribution is 2.17. The molecule has 1 heteroatoms. The minimum Gasteiger partial charge on any atom is -0.392 e. The van der Waals surface area contributed by atoms with Gasteiger partial charge in [0.25, 0.3) is 0 Å². The van der Waals surface area contributed by atoms with Gasteiger partial charge in [0.1, 0.15) is 0 Å². The van der Waals surface area contributed by atoms with Crippen molar-refractivity contribution < 1.29 is 5.11 Å². The predicted octanol–water partition coefficient (Wildman–Crippen LogP) is 3.32. The van der Waals surface area contributed by atoms with Crippen LogP contribution in [0.4, 0.5) is 0 Å². The van der Waals surface area contributed by atoms with E-state index in [0.717, 1.165) is 0 Å². The van der Waals surface area contributed by atoms with Crippen LogP contribution in [0.15, 0.2) is 55.1 Å². The smallest absolute Gasteiger partial charge is 0.0614 e. The first kappa shape index (κ1) is 10.9. The minimum absolute atomic E-state index is 0.321. The SMILES string of the molecule is C=CCC(O)Cc1ccc2ccccc2c1. The van der Waals surface area contributed by atoms with Gasteiger partial charge in [-0.25, -0.2) is 0 Å². The van der Waals surface area contributed by atoms with E-state index in [2.05, 4.69) is 36.9 Å². The van der Waals surface area contributed by atoms with Gasteiger partial charge in [-0.1, -0.05) is 48.5 Å². The lowest BCUT2D eigenvalue weighted by Gasteiger charge is -2.08. The molecule has 1 nitrogen and oxygen atoms in total. The molecule has 2 aromatic carbocycles. The van der Waals surface area contributed by atoms with Gasteiger partial charge in [-0.15, -0.1) is 6.58 Å². The van der Waals surface area contributed by atoms with Gasteiger partial charge in [0.15, 0.2) is 0 Å². The van der Waals surface area contributed by atoms with Gasteiger partial charge in [-0.3, -0.25) is 0 Å². The van der Waals surface area contributed by atoms with E-state index in [0.29, 0.717) is 12.8 Å². The van der Waals surface area contributed by atoms with Crippen LogP contribution in [0, 0.1) is 0 Å². The van der Waals surface area contributed by atoms with Crippen LogP contribution in [0.5, 0.6) is 0 Å². The summed E-state index contributed by atoms with van der Waals surface area (Å²) >= 11 is 0. The van der Waals surface area contributed by atoms with Crippen molar-refractivity contribution in [3.8, 4) is 0 Å². The summed E-state index contributed by atoms with van der Waals surface area (Å²) in [7, 11) is 0. The molecule has 0 radical (unpaired) electrons. The second-order valence-electron chi connectivity index (χ2n) is 4.06. The van der Waals surface area contributed by atoms with E-state index in [1.54, 1.807) is 6.08 Å². The van der Waals surface area contributed by atoms with E-state index in [9.17, 15) is 5.11 Å². The molecule has 0 aliphatic heterocycles. The van der Waals surface area contributed by atoms with Gasteiger partial charge in [-0.05, 0) is 29.2 Å². The molecule has 0 aliphatic rings. The summed E-state index contributed by atoms with van der Waals surface area (Å²) in [5.41, 5.74) is 1.17. The molecule has 16 heavy (non-hydrogen) atoms. The fourth-order valence-corrected chi connectivity index (χ4v) is 1.91. The number of hydrogen-bond acceptors (Lipinski definition) is 1. The second-order valence-corrected chi connectivity index (χ2v) is 4.06. The molecule has 0 saturated heterocycles. The lowest BCUT2D eigenvalue weighted by molar-refractivity contribution is 0.178. The zero-order valence-corrected chi connectivity index (χ0v) is 9.26. The van der Waals surface area contributed by atoms with E-state index >= 15 is 0 Å². The molecule has 0 heterocycles. The summed E-state index contributed by atoms with van der Waals surface area (Å²) in [6.45, 7) is 3.63. The van der Waals surface area contributed by atoms with E-state index in [4.69, 9.17) is 0 Å². The van der Waals surface area contributed by atoms with E-state index in [1.165, 1.54) is 16.3 Å². The summed E-state index contributed by atoms with van der Waals surface area (Å²) < 4.78 is 0. The maximum Gasteiger partial charge on any atom is 0.0614 e. The number of fused-ring (bicyclic) bond motifs is 1. The standard InChI is InChI=1S/C15H16O/c1-2-5-15(16)11-12-8-9-13-6-3-4-7-14(13)10-12/h2-4,6-10,15-16H,1,5,11H2. The Hall–Kier alpha value is -1.60. The second kappa shape index (κ2) is 4.95. The van der Waals surface area contributed by atoms with Gasteiger partial charge in [0.05, 0.1) is 6.10 Å². The molecule has 2 aromatic rings. The van der Waals surface area contributed by atoms with Crippen LogP contribution < -0.4 is 0 Å². The van der Waals surface area contributed by atoms with Gasteiger partial charge in [0.2, 0.25) is 0 Å². The molecule has 2 rings (SSSR count). The van der Waals surface area contributed by atoms with Crippen molar-refractivity contribution in [2.24, 2.45) is 0 Å². The molecule has 82 valence electrons. The summed E-state index contributed by atoms with van der Waals surface area (Å²) in [6.07, 6.45) is 2.77. The minimum atomic E-state index is -0.321. The molecule has 1 unspecified atom stereocenters. The van der Waals surface area contributed by atoms with Crippen LogP contribution in [0.25, 0.3) is 10.8 Å². The van der Waals surface area contributed by atoms with Crippen LogP contribution in [-0.4, -0.2) is 11.2 Å². The molecule has 1 atom stereocenters. The van der Waals surface area contributed by atoms with Crippen LogP contribution in [-0.2, 0) is 6.42 Å². The van der Waals surface area contributed by atoms with Crippen molar-refractivity contribution in [1.82, 2.24) is 0 Å². The van der Waals surface area contributed by atoms with Crippen molar-refractivity contribution in [2.45, 2.75) is 18.9 Å². The number of aliphatic hydroxyl groups is 1. The zero-order valence-electron chi connectivity index (χ0n) is 9.26. The number of hydrogen-bond donors (Lipinski definition) is 1. The first-order valence-electron chi connectivity index (χ1n) is 5.56. The van der Waals surface area contributed by atoms with Crippen molar-refractivity contribution in [2.75, 3.05) is 0 Å². The largest absolute Gasteiger partial charge is 0.392 e. The maximum absolute atomic E-state index is 9.70. The number of benzene rings is 2. The third-order valence-corrected chi connectivity index (χ3v) is 2.72. The van der Waals surface area contributed by atoms with Gasteiger partial charge < -0.3 is 5.11 Å². The average Bonchev–Trinajstić information content (AvgIpc) is 2.29. The highest BCUT2D eigenvalue weighted by Gasteiger charge is 2.03. The summed E-state index contributed by atoms with van der Waals surface area (Å²) in [5.74, 6) is 0. The molecule has 0 saturated carbocycles. The molecule has 1 N–H and O–H groups in total. The first-order chi connectivity index (χ1) is 7.79. The average molecular weight is 212 g/mol. The summed E-state index contributed by atoms with van der Waals surface area (Å²) in [6, 6.07) is 14.6. The van der Waals surface area contributed by atoms with Crippen molar-refractivity contribution in [1.29, 1.82) is 0 Å². The molecular weight excluding hydrogens is 196 g/mol. The summed E-state index contributed by atoms with van der Waals surface area (Å²) in [5, 5.41) is 12.2. The van der Waals surface area contributed by atoms with Crippen LogP contribution in [0.1, 0.15) is 12.0 Å². The molecular formula is C15H16O. The van der Waals surface area contributed by atoms with Gasteiger partial charge in [-0.2, -0.15) is 0 Å². The van der Waals surface area contributed by atoms with Crippen LogP contribution >= 0.6 is 0 Å². The monoisotopic (exact) mass is 212 g/mol. The lowest BCUT2D eigenvalue weighted by Crippen LogP contribution is -2.08. The lowest BCUT2D eigenvalue weighted by atomic mass is 10.0. The van der Waals surface area contributed by atoms with E-state index in [-0.39, 0.29) is 6.10 Å². The Morgan fingerprint density at radius 2 is 1.88 bits per heavy atom. The highest BCUT2D eigenvalue weighted by molar-refractivity contribution is 5.82. The van der Waals surface area contributed by atoms with E-state index < -0.39 is 0 Å². The Bertz CT molecular complexity index is 488.